The number of carbonyl (C=O) groups excluding carboxylic acids is 2. The first-order valence-corrected chi connectivity index (χ1v) is 9.14. The highest BCUT2D eigenvalue weighted by Crippen LogP contribution is 2.31. The highest BCUT2D eigenvalue weighted by molar-refractivity contribution is 5.98. The highest BCUT2D eigenvalue weighted by atomic mass is 19.1. The third kappa shape index (κ3) is 2.96. The zero-order chi connectivity index (χ0) is 18.3. The van der Waals surface area contributed by atoms with Gasteiger partial charge in [-0.1, -0.05) is 0 Å². The molecule has 4 rings (SSSR count). The number of amides is 2. The summed E-state index contributed by atoms with van der Waals surface area (Å²) in [7, 11) is 0. The Morgan fingerprint density at radius 3 is 2.96 bits per heavy atom. The third-order valence-corrected chi connectivity index (χ3v) is 5.61. The molecule has 7 heteroatoms. The number of rotatable bonds is 3. The van der Waals surface area contributed by atoms with Crippen molar-refractivity contribution in [1.82, 2.24) is 14.8 Å². The van der Waals surface area contributed by atoms with Crippen LogP contribution < -0.4 is 5.73 Å². The van der Waals surface area contributed by atoms with E-state index in [0.29, 0.717) is 49.6 Å². The Labute approximate surface area is 151 Å². The van der Waals surface area contributed by atoms with Crippen molar-refractivity contribution < 1.29 is 14.0 Å². The number of fused-ring (bicyclic) bond motifs is 2. The van der Waals surface area contributed by atoms with Crippen molar-refractivity contribution in [2.45, 2.75) is 25.3 Å². The molecule has 2 fully saturated rings. The summed E-state index contributed by atoms with van der Waals surface area (Å²) in [4.78, 5) is 31.9. The Kier molecular flexibility index (Phi) is 4.40. The van der Waals surface area contributed by atoms with Crippen LogP contribution in [0.3, 0.4) is 0 Å². The standard InChI is InChI=1S/C19H23FN4O2/c20-14-2-3-15-13(9-14)10-16(22-15)19(26)23-7-5-17-12(11-23)1-4-18(25)24(17)8-6-21/h2-3,9-10,12,17,22H,1,4-8,11,21H2/t12-,17+/m0/s1. The van der Waals surface area contributed by atoms with Gasteiger partial charge in [0.25, 0.3) is 5.91 Å². The Morgan fingerprint density at radius 1 is 1.31 bits per heavy atom. The number of likely N-dealkylation sites (tertiary alicyclic amines) is 2. The number of nitrogens with zero attached hydrogens (tertiary/aromatic N) is 2. The number of nitrogens with one attached hydrogen (secondary N) is 1. The van der Waals surface area contributed by atoms with Gasteiger partial charge in [-0.2, -0.15) is 0 Å². The summed E-state index contributed by atoms with van der Waals surface area (Å²) in [5, 5.41) is 0.695. The van der Waals surface area contributed by atoms with Gasteiger partial charge in [-0.3, -0.25) is 9.59 Å². The monoisotopic (exact) mass is 358 g/mol. The van der Waals surface area contributed by atoms with Gasteiger partial charge in [0.15, 0.2) is 0 Å². The van der Waals surface area contributed by atoms with Gasteiger partial charge >= 0.3 is 0 Å². The number of halogens is 1. The second kappa shape index (κ2) is 6.72. The molecule has 1 aromatic heterocycles. The molecule has 2 saturated heterocycles. The zero-order valence-corrected chi connectivity index (χ0v) is 14.6. The van der Waals surface area contributed by atoms with Crippen LogP contribution in [-0.4, -0.2) is 58.8 Å². The van der Waals surface area contributed by atoms with Crippen molar-refractivity contribution >= 4 is 22.7 Å². The summed E-state index contributed by atoms with van der Waals surface area (Å²) in [5.41, 5.74) is 6.89. The molecule has 0 spiro atoms. The van der Waals surface area contributed by atoms with Crippen molar-refractivity contribution in [2.24, 2.45) is 11.7 Å². The summed E-state index contributed by atoms with van der Waals surface area (Å²) in [5.74, 6) is 0.0819. The van der Waals surface area contributed by atoms with Crippen LogP contribution in [-0.2, 0) is 4.79 Å². The summed E-state index contributed by atoms with van der Waals surface area (Å²) in [6, 6.07) is 6.33. The number of aromatic amines is 1. The highest BCUT2D eigenvalue weighted by Gasteiger charge is 2.40. The van der Waals surface area contributed by atoms with Crippen molar-refractivity contribution in [3.63, 3.8) is 0 Å². The molecule has 0 saturated carbocycles. The minimum absolute atomic E-state index is 0.0673. The quantitative estimate of drug-likeness (QED) is 0.876. The van der Waals surface area contributed by atoms with Gasteiger partial charge in [-0.15, -0.1) is 0 Å². The van der Waals surface area contributed by atoms with E-state index in [0.717, 1.165) is 18.4 Å². The molecule has 3 heterocycles. The average molecular weight is 358 g/mol. The maximum atomic E-state index is 13.4. The lowest BCUT2D eigenvalue weighted by Gasteiger charge is -2.47. The first-order valence-electron chi connectivity index (χ1n) is 9.14. The fraction of sp³-hybridized carbons (Fsp3) is 0.474. The van der Waals surface area contributed by atoms with Gasteiger partial charge in [-0.05, 0) is 43.0 Å². The van der Waals surface area contributed by atoms with E-state index in [1.165, 1.54) is 12.1 Å². The lowest BCUT2D eigenvalue weighted by Crippen LogP contribution is -2.57. The van der Waals surface area contributed by atoms with Crippen LogP contribution in [0.15, 0.2) is 24.3 Å². The molecule has 2 atom stereocenters. The summed E-state index contributed by atoms with van der Waals surface area (Å²) < 4.78 is 13.4. The molecule has 0 bridgehead atoms. The number of piperidine rings is 2. The third-order valence-electron chi connectivity index (χ3n) is 5.61. The van der Waals surface area contributed by atoms with Crippen molar-refractivity contribution in [2.75, 3.05) is 26.2 Å². The van der Waals surface area contributed by atoms with Crippen LogP contribution in [0, 0.1) is 11.7 Å². The molecule has 2 aliphatic heterocycles. The van der Waals surface area contributed by atoms with Gasteiger partial charge < -0.3 is 20.5 Å². The van der Waals surface area contributed by atoms with E-state index in [4.69, 9.17) is 5.73 Å². The molecule has 0 aliphatic carbocycles. The molecule has 2 aromatic rings. The number of aromatic nitrogens is 1. The van der Waals surface area contributed by atoms with Gasteiger partial charge in [0.1, 0.15) is 11.5 Å². The van der Waals surface area contributed by atoms with E-state index >= 15 is 0 Å². The Morgan fingerprint density at radius 2 is 2.15 bits per heavy atom. The molecular weight excluding hydrogens is 335 g/mol. The molecule has 0 radical (unpaired) electrons. The molecular formula is C19H23FN4O2. The molecule has 6 nitrogen and oxygen atoms in total. The predicted octanol–water partition coefficient (Wildman–Crippen LogP) is 1.72. The van der Waals surface area contributed by atoms with Crippen LogP contribution >= 0.6 is 0 Å². The van der Waals surface area contributed by atoms with E-state index in [1.807, 2.05) is 9.80 Å². The van der Waals surface area contributed by atoms with E-state index in [9.17, 15) is 14.0 Å². The Hall–Kier alpha value is -2.41. The number of hydrogen-bond acceptors (Lipinski definition) is 3. The predicted molar refractivity (Wildman–Crippen MR) is 96.1 cm³/mol. The second-order valence-electron chi connectivity index (χ2n) is 7.20. The average Bonchev–Trinajstić information content (AvgIpc) is 3.06. The summed E-state index contributed by atoms with van der Waals surface area (Å²) >= 11 is 0. The molecule has 1 aromatic carbocycles. The summed E-state index contributed by atoms with van der Waals surface area (Å²) in [6.07, 6.45) is 2.11. The lowest BCUT2D eigenvalue weighted by molar-refractivity contribution is -0.140. The number of nitrogens with two attached hydrogens (primary N) is 1. The van der Waals surface area contributed by atoms with E-state index < -0.39 is 0 Å². The van der Waals surface area contributed by atoms with Gasteiger partial charge in [-0.25, -0.2) is 4.39 Å². The second-order valence-corrected chi connectivity index (χ2v) is 7.20. The van der Waals surface area contributed by atoms with Crippen LogP contribution in [0.2, 0.25) is 0 Å². The minimum atomic E-state index is -0.316. The molecule has 3 N–H and O–H groups in total. The van der Waals surface area contributed by atoms with E-state index in [1.54, 1.807) is 12.1 Å². The van der Waals surface area contributed by atoms with Crippen LogP contribution in [0.1, 0.15) is 29.8 Å². The molecule has 2 aliphatic rings. The van der Waals surface area contributed by atoms with Crippen LogP contribution in [0.4, 0.5) is 4.39 Å². The number of carbonyl (C=O) groups is 2. The van der Waals surface area contributed by atoms with Crippen molar-refractivity contribution in [3.05, 3.63) is 35.8 Å². The van der Waals surface area contributed by atoms with E-state index in [2.05, 4.69) is 4.98 Å². The fourth-order valence-corrected chi connectivity index (χ4v) is 4.35. The topological polar surface area (TPSA) is 82.4 Å². The van der Waals surface area contributed by atoms with Gasteiger partial charge in [0.05, 0.1) is 0 Å². The van der Waals surface area contributed by atoms with Crippen LogP contribution in [0.5, 0.6) is 0 Å². The first kappa shape index (κ1) is 17.0. The number of hydrogen-bond donors (Lipinski definition) is 2. The normalized spacial score (nSPS) is 23.4. The zero-order valence-electron chi connectivity index (χ0n) is 14.6. The van der Waals surface area contributed by atoms with Crippen LogP contribution in [0.25, 0.3) is 10.9 Å². The Bertz CT molecular complexity index is 849. The SMILES string of the molecule is NCCN1C(=O)CC[C@H]2CN(C(=O)c3cc4cc(F)ccc4[nH]3)CC[C@H]21. The Balaban J connectivity index is 1.50. The molecule has 2 amide bonds. The first-order chi connectivity index (χ1) is 12.6. The van der Waals surface area contributed by atoms with Crippen molar-refractivity contribution in [3.8, 4) is 0 Å². The largest absolute Gasteiger partial charge is 0.351 e. The van der Waals surface area contributed by atoms with Gasteiger partial charge in [0.2, 0.25) is 5.91 Å². The molecule has 26 heavy (non-hydrogen) atoms. The van der Waals surface area contributed by atoms with Crippen molar-refractivity contribution in [1.29, 1.82) is 0 Å². The molecule has 138 valence electrons. The van der Waals surface area contributed by atoms with Gasteiger partial charge in [0, 0.05) is 49.5 Å². The molecule has 0 unspecified atom stereocenters. The van der Waals surface area contributed by atoms with E-state index in [-0.39, 0.29) is 23.7 Å². The minimum Gasteiger partial charge on any atom is -0.351 e. The smallest absolute Gasteiger partial charge is 0.270 e. The number of benzene rings is 1. The summed E-state index contributed by atoms with van der Waals surface area (Å²) in [6.45, 7) is 2.30. The lowest BCUT2D eigenvalue weighted by atomic mass is 9.83. The maximum Gasteiger partial charge on any atom is 0.270 e. The fourth-order valence-electron chi connectivity index (χ4n) is 4.35. The number of H-pyrrole nitrogens is 1. The maximum absolute atomic E-state index is 13.4.